The number of nitrogens with one attached hydrogen (secondary N) is 2. The van der Waals surface area contributed by atoms with Gasteiger partial charge in [-0.2, -0.15) is 0 Å². The maximum absolute atomic E-state index is 14.8. The summed E-state index contributed by atoms with van der Waals surface area (Å²) in [5.74, 6) is -1.14. The Morgan fingerprint density at radius 2 is 1.74 bits per heavy atom. The predicted octanol–water partition coefficient (Wildman–Crippen LogP) is 4.11. The van der Waals surface area contributed by atoms with Gasteiger partial charge in [0.25, 0.3) is 15.9 Å². The van der Waals surface area contributed by atoms with Gasteiger partial charge in [0.15, 0.2) is 0 Å². The van der Waals surface area contributed by atoms with Gasteiger partial charge in [0.1, 0.15) is 10.7 Å². The number of hydrogen-bond acceptors (Lipinski definition) is 5. The van der Waals surface area contributed by atoms with E-state index < -0.39 is 15.8 Å². The lowest BCUT2D eigenvalue weighted by Gasteiger charge is -2.40. The van der Waals surface area contributed by atoms with Crippen molar-refractivity contribution in [2.75, 3.05) is 23.1 Å². The van der Waals surface area contributed by atoms with E-state index >= 15 is 0 Å². The number of amides is 1. The predicted molar refractivity (Wildman–Crippen MR) is 129 cm³/mol. The number of hydrogen-bond donors (Lipinski definition) is 2. The lowest BCUT2D eigenvalue weighted by molar-refractivity contribution is 0.0625. The van der Waals surface area contributed by atoms with Crippen LogP contribution in [0.4, 0.5) is 15.8 Å². The largest absolute Gasteiger partial charge is 0.379 e. The number of rotatable bonds is 6. The van der Waals surface area contributed by atoms with Crippen molar-refractivity contribution in [2.45, 2.75) is 10.9 Å². The van der Waals surface area contributed by atoms with Crippen LogP contribution in [0.15, 0.2) is 90.0 Å². The molecule has 0 aliphatic carbocycles. The number of benzene rings is 3. The Morgan fingerprint density at radius 1 is 0.971 bits per heavy atom. The zero-order chi connectivity index (χ0) is 23.7. The molecule has 4 aromatic rings. The number of para-hydroxylation sites is 2. The SMILES string of the molecule is O=C(c1ccc(NS(=O)(=O)c2cccc3cccnc23)c(F)c1)N1CC(Nc2ccccc2)C1. The molecule has 0 bridgehead atoms. The fraction of sp³-hybridized carbons (Fsp3) is 0.120. The van der Waals surface area contributed by atoms with E-state index in [0.717, 1.165) is 11.8 Å². The number of pyridine rings is 1. The number of likely N-dealkylation sites (tertiary alicyclic amines) is 1. The van der Waals surface area contributed by atoms with Crippen LogP contribution in [0.5, 0.6) is 0 Å². The number of fused-ring (bicyclic) bond motifs is 1. The minimum absolute atomic E-state index is 0.0531. The molecule has 0 spiro atoms. The Kier molecular flexibility index (Phi) is 5.62. The smallest absolute Gasteiger partial charge is 0.264 e. The van der Waals surface area contributed by atoms with Crippen molar-refractivity contribution >= 4 is 38.2 Å². The van der Waals surface area contributed by atoms with E-state index in [9.17, 15) is 17.6 Å². The summed E-state index contributed by atoms with van der Waals surface area (Å²) in [6.45, 7) is 0.996. The number of sulfonamides is 1. The minimum Gasteiger partial charge on any atom is -0.379 e. The third kappa shape index (κ3) is 4.29. The molecular weight excluding hydrogens is 455 g/mol. The maximum atomic E-state index is 14.8. The Hall–Kier alpha value is -3.98. The first kappa shape index (κ1) is 21.8. The van der Waals surface area contributed by atoms with Gasteiger partial charge in [-0.05, 0) is 42.5 Å². The second-order valence-corrected chi connectivity index (χ2v) is 9.70. The van der Waals surface area contributed by atoms with Gasteiger partial charge in [-0.25, -0.2) is 12.8 Å². The van der Waals surface area contributed by atoms with Crippen LogP contribution >= 0.6 is 0 Å². The molecule has 5 rings (SSSR count). The first-order valence-electron chi connectivity index (χ1n) is 10.7. The molecule has 1 aromatic heterocycles. The highest BCUT2D eigenvalue weighted by Gasteiger charge is 2.31. The highest BCUT2D eigenvalue weighted by molar-refractivity contribution is 7.93. The molecule has 7 nitrogen and oxygen atoms in total. The van der Waals surface area contributed by atoms with Crippen molar-refractivity contribution in [3.63, 3.8) is 0 Å². The standard InChI is InChI=1S/C25H21FN4O3S/c26-21-14-18(25(31)30-15-20(16-30)28-19-8-2-1-3-9-19)11-12-22(21)29-34(32,33)23-10-4-6-17-7-5-13-27-24(17)23/h1-14,20,28-29H,15-16H2. The van der Waals surface area contributed by atoms with Crippen LogP contribution in [0.2, 0.25) is 0 Å². The van der Waals surface area contributed by atoms with Crippen molar-refractivity contribution in [3.8, 4) is 0 Å². The average molecular weight is 477 g/mol. The zero-order valence-corrected chi connectivity index (χ0v) is 18.8. The van der Waals surface area contributed by atoms with E-state index in [0.29, 0.717) is 24.0 Å². The van der Waals surface area contributed by atoms with Gasteiger partial charge in [0.05, 0.1) is 17.2 Å². The molecule has 0 unspecified atom stereocenters. The number of halogens is 1. The van der Waals surface area contributed by atoms with Crippen LogP contribution < -0.4 is 10.0 Å². The number of nitrogens with zero attached hydrogens (tertiary/aromatic N) is 2. The molecule has 2 heterocycles. The van der Waals surface area contributed by atoms with E-state index in [1.54, 1.807) is 29.2 Å². The number of carbonyl (C=O) groups is 1. The molecule has 1 aliphatic heterocycles. The van der Waals surface area contributed by atoms with Crippen molar-refractivity contribution < 1.29 is 17.6 Å². The van der Waals surface area contributed by atoms with E-state index in [1.807, 2.05) is 30.3 Å². The van der Waals surface area contributed by atoms with E-state index in [4.69, 9.17) is 0 Å². The van der Waals surface area contributed by atoms with Crippen molar-refractivity contribution in [1.82, 2.24) is 9.88 Å². The minimum atomic E-state index is -4.10. The van der Waals surface area contributed by atoms with Crippen LogP contribution in [0.3, 0.4) is 0 Å². The molecule has 1 aliphatic rings. The monoisotopic (exact) mass is 476 g/mol. The van der Waals surface area contributed by atoms with Crippen LogP contribution in [-0.2, 0) is 10.0 Å². The van der Waals surface area contributed by atoms with Gasteiger partial charge in [0, 0.05) is 35.9 Å². The molecule has 9 heteroatoms. The molecule has 0 radical (unpaired) electrons. The van der Waals surface area contributed by atoms with Crippen molar-refractivity contribution in [3.05, 3.63) is 96.4 Å². The third-order valence-electron chi connectivity index (χ3n) is 5.66. The number of carbonyl (C=O) groups excluding carboxylic acids is 1. The Labute approximate surface area is 196 Å². The highest BCUT2D eigenvalue weighted by Crippen LogP contribution is 2.26. The summed E-state index contributed by atoms with van der Waals surface area (Å²) in [5, 5.41) is 3.99. The third-order valence-corrected chi connectivity index (χ3v) is 7.06. The molecule has 172 valence electrons. The van der Waals surface area contributed by atoms with Crippen LogP contribution in [0.1, 0.15) is 10.4 Å². The normalized spacial score (nSPS) is 14.0. The first-order valence-corrected chi connectivity index (χ1v) is 12.2. The summed E-state index contributed by atoms with van der Waals surface area (Å²) < 4.78 is 42.9. The number of anilines is 2. The summed E-state index contributed by atoms with van der Waals surface area (Å²) >= 11 is 0. The quantitative estimate of drug-likeness (QED) is 0.437. The molecule has 1 amide bonds. The van der Waals surface area contributed by atoms with Gasteiger partial charge in [-0.1, -0.05) is 36.4 Å². The summed E-state index contributed by atoms with van der Waals surface area (Å²) in [6.07, 6.45) is 1.50. The lowest BCUT2D eigenvalue weighted by atomic mass is 10.1. The molecule has 3 aromatic carbocycles. The molecule has 0 saturated carbocycles. The van der Waals surface area contributed by atoms with Gasteiger partial charge in [0.2, 0.25) is 0 Å². The zero-order valence-electron chi connectivity index (χ0n) is 18.0. The summed E-state index contributed by atoms with van der Waals surface area (Å²) in [7, 11) is -4.10. The maximum Gasteiger partial charge on any atom is 0.264 e. The van der Waals surface area contributed by atoms with Crippen LogP contribution in [0, 0.1) is 5.82 Å². The van der Waals surface area contributed by atoms with E-state index in [2.05, 4.69) is 15.0 Å². The van der Waals surface area contributed by atoms with Gasteiger partial charge in [-0.3, -0.25) is 14.5 Å². The fourth-order valence-corrected chi connectivity index (χ4v) is 5.16. The summed E-state index contributed by atoms with van der Waals surface area (Å²) in [6, 6.07) is 21.8. The molecule has 1 saturated heterocycles. The second kappa shape index (κ2) is 8.75. The first-order chi connectivity index (χ1) is 16.4. The molecule has 2 N–H and O–H groups in total. The Bertz CT molecular complexity index is 1470. The highest BCUT2D eigenvalue weighted by atomic mass is 32.2. The molecule has 1 fully saturated rings. The lowest BCUT2D eigenvalue weighted by Crippen LogP contribution is -2.57. The number of aromatic nitrogens is 1. The van der Waals surface area contributed by atoms with Crippen LogP contribution in [-0.4, -0.2) is 43.3 Å². The van der Waals surface area contributed by atoms with Crippen molar-refractivity contribution in [1.29, 1.82) is 0 Å². The molecule has 0 atom stereocenters. The molecule has 34 heavy (non-hydrogen) atoms. The Balaban J connectivity index is 1.28. The second-order valence-electron chi connectivity index (χ2n) is 8.05. The van der Waals surface area contributed by atoms with Crippen molar-refractivity contribution in [2.24, 2.45) is 0 Å². The Morgan fingerprint density at radius 3 is 2.50 bits per heavy atom. The topological polar surface area (TPSA) is 91.4 Å². The fourth-order valence-electron chi connectivity index (χ4n) is 3.91. The van der Waals surface area contributed by atoms with Gasteiger partial charge < -0.3 is 10.2 Å². The van der Waals surface area contributed by atoms with E-state index in [1.165, 1.54) is 24.4 Å². The van der Waals surface area contributed by atoms with Gasteiger partial charge in [-0.15, -0.1) is 0 Å². The van der Waals surface area contributed by atoms with E-state index in [-0.39, 0.29) is 28.1 Å². The molecular formula is C25H21FN4O3S. The van der Waals surface area contributed by atoms with Gasteiger partial charge >= 0.3 is 0 Å². The average Bonchev–Trinajstić information content (AvgIpc) is 2.82. The van der Waals surface area contributed by atoms with Crippen LogP contribution in [0.25, 0.3) is 10.9 Å². The summed E-state index contributed by atoms with van der Waals surface area (Å²) in [5.41, 5.74) is 1.19. The summed E-state index contributed by atoms with van der Waals surface area (Å²) in [4.78, 5) is 18.4.